The van der Waals surface area contributed by atoms with E-state index in [-0.39, 0.29) is 12.5 Å². The van der Waals surface area contributed by atoms with Crippen molar-refractivity contribution in [1.82, 2.24) is 15.5 Å². The zero-order valence-corrected chi connectivity index (χ0v) is 16.9. The molecule has 2 aliphatic carbocycles. The van der Waals surface area contributed by atoms with Crippen LogP contribution in [0.15, 0.2) is 23.2 Å². The predicted octanol–water partition coefficient (Wildman–Crippen LogP) is 2.32. The van der Waals surface area contributed by atoms with Crippen molar-refractivity contribution in [3.63, 3.8) is 0 Å². The second-order valence-corrected chi connectivity index (χ2v) is 8.05. The third kappa shape index (κ3) is 4.93. The van der Waals surface area contributed by atoms with E-state index in [0.717, 1.165) is 28.7 Å². The number of nitrogens with zero attached hydrogens (tertiary/aromatic N) is 2. The number of aryl methyl sites for hydroxylation is 1. The van der Waals surface area contributed by atoms with Crippen molar-refractivity contribution in [2.24, 2.45) is 16.8 Å². The third-order valence-electron chi connectivity index (χ3n) is 5.82. The minimum Gasteiger partial charge on any atom is -0.496 e. The number of ether oxygens (including phenoxy) is 1. The number of carbonyl (C=O) groups is 1. The molecule has 3 rings (SSSR count). The van der Waals surface area contributed by atoms with Gasteiger partial charge in [0.1, 0.15) is 5.75 Å². The fraction of sp³-hybridized carbons (Fsp3) is 0.619. The molecular formula is C21H32N4O2. The van der Waals surface area contributed by atoms with Gasteiger partial charge in [-0.25, -0.2) is 4.99 Å². The zero-order chi connectivity index (χ0) is 19.4. The van der Waals surface area contributed by atoms with Crippen LogP contribution in [0.3, 0.4) is 0 Å². The maximum absolute atomic E-state index is 12.0. The molecule has 148 valence electrons. The monoisotopic (exact) mass is 372 g/mol. The number of amides is 1. The lowest BCUT2D eigenvalue weighted by Crippen LogP contribution is -2.48. The highest BCUT2D eigenvalue weighted by Gasteiger charge is 2.39. The van der Waals surface area contributed by atoms with Crippen LogP contribution in [0.1, 0.15) is 36.8 Å². The van der Waals surface area contributed by atoms with Crippen LogP contribution in [-0.4, -0.2) is 50.6 Å². The molecule has 2 aliphatic rings. The van der Waals surface area contributed by atoms with Gasteiger partial charge in [0.05, 0.1) is 20.2 Å². The first kappa shape index (κ1) is 19.5. The quantitative estimate of drug-likeness (QED) is 0.594. The van der Waals surface area contributed by atoms with E-state index in [1.54, 1.807) is 26.1 Å². The Balaban J connectivity index is 1.70. The lowest BCUT2D eigenvalue weighted by Gasteiger charge is -2.25. The van der Waals surface area contributed by atoms with Gasteiger partial charge < -0.3 is 20.3 Å². The number of likely N-dealkylation sites (N-methyl/N-ethyl adjacent to an activating group) is 1. The molecule has 6 nitrogen and oxygen atoms in total. The van der Waals surface area contributed by atoms with Gasteiger partial charge in [-0.15, -0.1) is 0 Å². The minimum absolute atomic E-state index is 0.0327. The molecule has 0 heterocycles. The Bertz CT molecular complexity index is 701. The molecule has 0 saturated heterocycles. The van der Waals surface area contributed by atoms with Gasteiger partial charge in [0.25, 0.3) is 0 Å². The van der Waals surface area contributed by atoms with Crippen LogP contribution >= 0.6 is 0 Å². The van der Waals surface area contributed by atoms with Crippen LogP contribution in [0, 0.1) is 18.8 Å². The van der Waals surface area contributed by atoms with Crippen LogP contribution in [-0.2, 0) is 11.3 Å². The van der Waals surface area contributed by atoms with Gasteiger partial charge in [0.2, 0.25) is 5.91 Å². The van der Waals surface area contributed by atoms with E-state index in [4.69, 9.17) is 9.73 Å². The number of guanidine groups is 1. The van der Waals surface area contributed by atoms with E-state index in [2.05, 4.69) is 22.8 Å². The molecule has 27 heavy (non-hydrogen) atoms. The maximum atomic E-state index is 12.0. The van der Waals surface area contributed by atoms with Crippen molar-refractivity contribution in [3.05, 3.63) is 29.3 Å². The Morgan fingerprint density at radius 2 is 2.11 bits per heavy atom. The van der Waals surface area contributed by atoms with Crippen molar-refractivity contribution in [3.8, 4) is 5.75 Å². The van der Waals surface area contributed by atoms with Crippen molar-refractivity contribution in [1.29, 1.82) is 0 Å². The highest BCUT2D eigenvalue weighted by Crippen LogP contribution is 2.44. The molecule has 2 N–H and O–H groups in total. The van der Waals surface area contributed by atoms with Crippen molar-refractivity contribution in [2.45, 2.75) is 45.2 Å². The Morgan fingerprint density at radius 3 is 2.74 bits per heavy atom. The van der Waals surface area contributed by atoms with E-state index >= 15 is 0 Å². The molecule has 6 heteroatoms. The SMILES string of the molecule is COc1cc(C)ccc1CN=C(NCC(=O)N(C)C)NC1CC2CCC1C2. The first-order chi connectivity index (χ1) is 13.0. The second-order valence-electron chi connectivity index (χ2n) is 8.05. The summed E-state index contributed by atoms with van der Waals surface area (Å²) in [5.74, 6) is 3.19. The first-order valence-electron chi connectivity index (χ1n) is 9.84. The number of hydrogen-bond donors (Lipinski definition) is 2. The molecule has 2 saturated carbocycles. The molecule has 3 unspecified atom stereocenters. The fourth-order valence-electron chi connectivity index (χ4n) is 4.21. The van der Waals surface area contributed by atoms with E-state index in [1.165, 1.54) is 25.7 Å². The summed E-state index contributed by atoms with van der Waals surface area (Å²) < 4.78 is 5.49. The molecule has 0 radical (unpaired) electrons. The minimum atomic E-state index is 0.0327. The van der Waals surface area contributed by atoms with Crippen LogP contribution in [0.25, 0.3) is 0 Å². The van der Waals surface area contributed by atoms with Gasteiger partial charge >= 0.3 is 0 Å². The number of rotatable bonds is 6. The fourth-order valence-corrected chi connectivity index (χ4v) is 4.21. The number of nitrogens with one attached hydrogen (secondary N) is 2. The average molecular weight is 373 g/mol. The molecule has 3 atom stereocenters. The normalized spacial score (nSPS) is 24.0. The molecule has 2 bridgehead atoms. The molecule has 2 fully saturated rings. The highest BCUT2D eigenvalue weighted by atomic mass is 16.5. The Labute approximate surface area is 162 Å². The van der Waals surface area contributed by atoms with Gasteiger partial charge in [0, 0.05) is 25.7 Å². The number of benzene rings is 1. The lowest BCUT2D eigenvalue weighted by molar-refractivity contribution is -0.127. The van der Waals surface area contributed by atoms with Crippen LogP contribution < -0.4 is 15.4 Å². The number of fused-ring (bicyclic) bond motifs is 2. The summed E-state index contributed by atoms with van der Waals surface area (Å²) in [6.07, 6.45) is 5.20. The van der Waals surface area contributed by atoms with E-state index in [1.807, 2.05) is 13.0 Å². The van der Waals surface area contributed by atoms with Crippen LogP contribution in [0.4, 0.5) is 0 Å². The largest absolute Gasteiger partial charge is 0.496 e. The molecule has 0 aromatic heterocycles. The summed E-state index contributed by atoms with van der Waals surface area (Å²) in [7, 11) is 5.22. The molecule has 0 aliphatic heterocycles. The van der Waals surface area contributed by atoms with Crippen molar-refractivity contribution < 1.29 is 9.53 Å². The number of hydrogen-bond acceptors (Lipinski definition) is 3. The van der Waals surface area contributed by atoms with Gasteiger partial charge in [-0.05, 0) is 49.7 Å². The summed E-state index contributed by atoms with van der Waals surface area (Å²) in [6, 6.07) is 6.61. The second kappa shape index (κ2) is 8.63. The molecule has 1 amide bonds. The molecule has 1 aromatic rings. The predicted molar refractivity (Wildman–Crippen MR) is 108 cm³/mol. The Morgan fingerprint density at radius 1 is 1.30 bits per heavy atom. The van der Waals surface area contributed by atoms with E-state index < -0.39 is 0 Å². The number of carbonyl (C=O) groups excluding carboxylic acids is 1. The first-order valence-corrected chi connectivity index (χ1v) is 9.84. The van der Waals surface area contributed by atoms with Gasteiger partial charge in [0.15, 0.2) is 5.96 Å². The summed E-state index contributed by atoms with van der Waals surface area (Å²) in [5, 5.41) is 6.80. The van der Waals surface area contributed by atoms with E-state index in [0.29, 0.717) is 18.5 Å². The maximum Gasteiger partial charge on any atom is 0.241 e. The lowest BCUT2D eigenvalue weighted by atomic mass is 9.95. The molecular weight excluding hydrogens is 340 g/mol. The Kier molecular flexibility index (Phi) is 6.24. The topological polar surface area (TPSA) is 66.0 Å². The number of methoxy groups -OCH3 is 1. The van der Waals surface area contributed by atoms with Gasteiger partial charge in [-0.1, -0.05) is 18.6 Å². The average Bonchev–Trinajstić information content (AvgIpc) is 3.27. The molecule has 0 spiro atoms. The van der Waals surface area contributed by atoms with Gasteiger partial charge in [-0.2, -0.15) is 0 Å². The van der Waals surface area contributed by atoms with Crippen LogP contribution in [0.5, 0.6) is 5.75 Å². The zero-order valence-electron chi connectivity index (χ0n) is 16.9. The summed E-state index contributed by atoms with van der Waals surface area (Å²) in [5.41, 5.74) is 2.20. The third-order valence-corrected chi connectivity index (χ3v) is 5.82. The Hall–Kier alpha value is -2.24. The van der Waals surface area contributed by atoms with Crippen molar-refractivity contribution in [2.75, 3.05) is 27.7 Å². The van der Waals surface area contributed by atoms with E-state index in [9.17, 15) is 4.79 Å². The highest BCUT2D eigenvalue weighted by molar-refractivity contribution is 5.86. The van der Waals surface area contributed by atoms with Crippen LogP contribution in [0.2, 0.25) is 0 Å². The summed E-state index contributed by atoms with van der Waals surface area (Å²) >= 11 is 0. The summed E-state index contributed by atoms with van der Waals surface area (Å²) in [4.78, 5) is 18.3. The standard InChI is InChI=1S/C21H32N4O2/c1-14-5-7-17(19(9-14)27-4)12-22-21(23-13-20(26)25(2)3)24-18-11-15-6-8-16(18)10-15/h5,7,9,15-16,18H,6,8,10-13H2,1-4H3,(H2,22,23,24). The number of aliphatic imine (C=N–C) groups is 1. The van der Waals surface area contributed by atoms with Crippen molar-refractivity contribution >= 4 is 11.9 Å². The molecule has 1 aromatic carbocycles. The summed E-state index contributed by atoms with van der Waals surface area (Å²) in [6.45, 7) is 2.80. The smallest absolute Gasteiger partial charge is 0.241 e. The van der Waals surface area contributed by atoms with Gasteiger partial charge in [-0.3, -0.25) is 4.79 Å².